The van der Waals surface area contributed by atoms with Crippen LogP contribution in [0.25, 0.3) is 28.2 Å². The highest BCUT2D eigenvalue weighted by atomic mass is 19.1. The molecule has 0 aliphatic carbocycles. The average molecular weight is 429 g/mol. The molecule has 0 bridgehead atoms. The lowest BCUT2D eigenvalue weighted by Gasteiger charge is -2.21. The molecule has 0 saturated carbocycles. The second-order valence-corrected chi connectivity index (χ2v) is 9.12. The van der Waals surface area contributed by atoms with Crippen molar-refractivity contribution in [1.29, 1.82) is 0 Å². The Labute approximate surface area is 186 Å². The fraction of sp³-hybridized carbons (Fsp3) is 0.320. The topological polar surface area (TPSA) is 49.6 Å². The summed E-state index contributed by atoms with van der Waals surface area (Å²) >= 11 is 0. The molecule has 6 rings (SSSR count). The molecule has 2 aliphatic heterocycles. The summed E-state index contributed by atoms with van der Waals surface area (Å²) in [5.41, 5.74) is 5.44. The minimum Gasteiger partial charge on any atom is -0.354 e. The van der Waals surface area contributed by atoms with Gasteiger partial charge >= 0.3 is 0 Å². The molecule has 6 nitrogen and oxygen atoms in total. The number of rotatable bonds is 3. The summed E-state index contributed by atoms with van der Waals surface area (Å²) in [5.74, 6) is 2.14. The van der Waals surface area contributed by atoms with Gasteiger partial charge in [-0.3, -0.25) is 4.98 Å². The van der Waals surface area contributed by atoms with Crippen molar-refractivity contribution in [2.24, 2.45) is 11.8 Å². The van der Waals surface area contributed by atoms with Crippen LogP contribution in [0.5, 0.6) is 0 Å². The Morgan fingerprint density at radius 3 is 2.28 bits per heavy atom. The first-order chi connectivity index (χ1) is 15.6. The minimum atomic E-state index is -0.259. The van der Waals surface area contributed by atoms with Gasteiger partial charge < -0.3 is 9.80 Å². The Morgan fingerprint density at radius 1 is 0.906 bits per heavy atom. The lowest BCUT2D eigenvalue weighted by molar-refractivity contribution is 0.386. The van der Waals surface area contributed by atoms with Gasteiger partial charge in [0.25, 0.3) is 0 Å². The number of pyridine rings is 1. The molecule has 5 heterocycles. The first-order valence-electron chi connectivity index (χ1n) is 11.1. The van der Waals surface area contributed by atoms with Gasteiger partial charge in [0.15, 0.2) is 5.65 Å². The van der Waals surface area contributed by atoms with Gasteiger partial charge in [0, 0.05) is 49.7 Å². The number of aromatic nitrogens is 4. The van der Waals surface area contributed by atoms with Crippen molar-refractivity contribution in [1.82, 2.24) is 24.5 Å². The fourth-order valence-corrected chi connectivity index (χ4v) is 5.30. The number of hydrogen-bond donors (Lipinski definition) is 0. The highest BCUT2D eigenvalue weighted by molar-refractivity contribution is 5.82. The van der Waals surface area contributed by atoms with E-state index >= 15 is 0 Å². The van der Waals surface area contributed by atoms with Gasteiger partial charge in [-0.15, -0.1) is 5.10 Å². The number of halogens is 1. The number of anilines is 1. The Kier molecular flexibility index (Phi) is 4.47. The molecule has 7 heteroatoms. The van der Waals surface area contributed by atoms with E-state index in [2.05, 4.69) is 34.8 Å². The van der Waals surface area contributed by atoms with Crippen LogP contribution in [0.4, 0.5) is 10.2 Å². The predicted molar refractivity (Wildman–Crippen MR) is 123 cm³/mol. The summed E-state index contributed by atoms with van der Waals surface area (Å²) in [7, 11) is 2.21. The maximum atomic E-state index is 13.6. The summed E-state index contributed by atoms with van der Waals surface area (Å²) in [4.78, 5) is 14.0. The molecule has 1 aromatic carbocycles. The summed E-state index contributed by atoms with van der Waals surface area (Å²) < 4.78 is 15.5. The van der Waals surface area contributed by atoms with Crippen molar-refractivity contribution in [2.75, 3.05) is 38.1 Å². The largest absolute Gasteiger partial charge is 0.354 e. The quantitative estimate of drug-likeness (QED) is 0.495. The monoisotopic (exact) mass is 428 g/mol. The normalized spacial score (nSPS) is 20.9. The van der Waals surface area contributed by atoms with Gasteiger partial charge in [-0.2, -0.15) is 0 Å². The van der Waals surface area contributed by atoms with Crippen LogP contribution in [0.15, 0.2) is 54.9 Å². The van der Waals surface area contributed by atoms with Crippen molar-refractivity contribution in [2.45, 2.75) is 6.92 Å². The summed E-state index contributed by atoms with van der Waals surface area (Å²) in [5, 5.41) is 5.08. The number of hydrogen-bond acceptors (Lipinski definition) is 5. The van der Waals surface area contributed by atoms with Gasteiger partial charge in [0.05, 0.1) is 5.69 Å². The van der Waals surface area contributed by atoms with Gasteiger partial charge in [-0.05, 0) is 73.8 Å². The molecule has 2 atom stereocenters. The van der Waals surface area contributed by atoms with Crippen LogP contribution in [0.2, 0.25) is 0 Å². The van der Waals surface area contributed by atoms with E-state index in [1.165, 1.54) is 12.1 Å². The summed E-state index contributed by atoms with van der Waals surface area (Å²) in [6, 6.07) is 12.6. The van der Waals surface area contributed by atoms with Gasteiger partial charge in [0.2, 0.25) is 0 Å². The molecule has 0 spiro atoms. The third-order valence-electron chi connectivity index (χ3n) is 6.82. The first kappa shape index (κ1) is 19.4. The van der Waals surface area contributed by atoms with Crippen molar-refractivity contribution >= 4 is 11.5 Å². The third-order valence-corrected chi connectivity index (χ3v) is 6.82. The Bertz CT molecular complexity index is 1270. The van der Waals surface area contributed by atoms with Gasteiger partial charge in [-0.1, -0.05) is 0 Å². The number of imidazole rings is 1. The fourth-order valence-electron chi connectivity index (χ4n) is 5.30. The van der Waals surface area contributed by atoms with E-state index in [-0.39, 0.29) is 5.82 Å². The zero-order valence-electron chi connectivity index (χ0n) is 18.2. The summed E-state index contributed by atoms with van der Waals surface area (Å²) in [6.07, 6.45) is 3.55. The van der Waals surface area contributed by atoms with E-state index in [9.17, 15) is 4.39 Å². The van der Waals surface area contributed by atoms with E-state index in [4.69, 9.17) is 10.1 Å². The van der Waals surface area contributed by atoms with Crippen LogP contribution in [-0.2, 0) is 0 Å². The van der Waals surface area contributed by atoms with Crippen molar-refractivity contribution < 1.29 is 4.39 Å². The molecule has 2 fully saturated rings. The highest BCUT2D eigenvalue weighted by Crippen LogP contribution is 2.36. The Morgan fingerprint density at radius 2 is 1.59 bits per heavy atom. The molecule has 0 N–H and O–H groups in total. The van der Waals surface area contributed by atoms with E-state index in [0.717, 1.165) is 65.7 Å². The second kappa shape index (κ2) is 7.38. The molecule has 0 radical (unpaired) electrons. The number of nitrogens with zero attached hydrogens (tertiary/aromatic N) is 6. The lowest BCUT2D eigenvalue weighted by atomic mass is 10.0. The van der Waals surface area contributed by atoms with Crippen molar-refractivity contribution in [3.63, 3.8) is 0 Å². The molecule has 32 heavy (non-hydrogen) atoms. The maximum absolute atomic E-state index is 13.6. The Balaban J connectivity index is 1.51. The third kappa shape index (κ3) is 3.15. The van der Waals surface area contributed by atoms with Crippen LogP contribution in [-0.4, -0.2) is 57.7 Å². The number of benzene rings is 1. The van der Waals surface area contributed by atoms with Crippen LogP contribution >= 0.6 is 0 Å². The number of likely N-dealkylation sites (tertiary alicyclic amines) is 1. The number of fused-ring (bicyclic) bond motifs is 2. The first-order valence-corrected chi connectivity index (χ1v) is 11.1. The molecular weight excluding hydrogens is 403 g/mol. The molecule has 3 aromatic heterocycles. The van der Waals surface area contributed by atoms with Crippen molar-refractivity contribution in [3.05, 3.63) is 66.2 Å². The van der Waals surface area contributed by atoms with E-state index in [0.29, 0.717) is 11.8 Å². The van der Waals surface area contributed by atoms with E-state index in [1.807, 2.05) is 16.6 Å². The lowest BCUT2D eigenvalue weighted by Crippen LogP contribution is -2.27. The molecule has 0 amide bonds. The zero-order chi connectivity index (χ0) is 21.8. The van der Waals surface area contributed by atoms with Crippen LogP contribution in [0.3, 0.4) is 0 Å². The van der Waals surface area contributed by atoms with E-state index in [1.54, 1.807) is 24.5 Å². The molecule has 2 aliphatic rings. The molecule has 2 saturated heterocycles. The predicted octanol–water partition coefficient (Wildman–Crippen LogP) is 3.90. The molecule has 4 aromatic rings. The maximum Gasteiger partial charge on any atom is 0.158 e. The summed E-state index contributed by atoms with van der Waals surface area (Å²) in [6.45, 7) is 6.48. The average Bonchev–Trinajstić information content (AvgIpc) is 3.46. The molecular formula is C25H25FN6. The van der Waals surface area contributed by atoms with Crippen molar-refractivity contribution in [3.8, 4) is 22.5 Å². The van der Waals surface area contributed by atoms with E-state index < -0.39 is 0 Å². The SMILES string of the molecule is Cc1cc(N2CC3CN(C)CC3C2)nn2c(-c3ccncc3)c(-c3ccc(F)cc3)nc12. The highest BCUT2D eigenvalue weighted by Gasteiger charge is 2.39. The van der Waals surface area contributed by atoms with Gasteiger partial charge in [0.1, 0.15) is 17.3 Å². The second-order valence-electron chi connectivity index (χ2n) is 9.12. The van der Waals surface area contributed by atoms with Crippen LogP contribution < -0.4 is 4.90 Å². The smallest absolute Gasteiger partial charge is 0.158 e. The minimum absolute atomic E-state index is 0.259. The Hall–Kier alpha value is -3.32. The number of aryl methyl sites for hydroxylation is 1. The molecule has 2 unspecified atom stereocenters. The molecule has 162 valence electrons. The standard InChI is InChI=1S/C25H25FN6/c1-16-11-22(31-14-19-12-30(2)13-20(19)15-31)29-32-24(18-7-9-27-10-8-18)23(28-25(16)32)17-3-5-21(26)6-4-17/h3-11,19-20H,12-15H2,1-2H3. The zero-order valence-corrected chi connectivity index (χ0v) is 18.2. The van der Waals surface area contributed by atoms with Crippen LogP contribution in [0.1, 0.15) is 5.56 Å². The van der Waals surface area contributed by atoms with Gasteiger partial charge in [-0.25, -0.2) is 13.9 Å². The van der Waals surface area contributed by atoms with Crippen LogP contribution in [0, 0.1) is 24.6 Å².